The van der Waals surface area contributed by atoms with Gasteiger partial charge in [0.2, 0.25) is 0 Å². The molecule has 0 bridgehead atoms. The van der Waals surface area contributed by atoms with Crippen LogP contribution in [0.3, 0.4) is 0 Å². The zero-order chi connectivity index (χ0) is 78.6. The minimum Gasteiger partial charge on any atom is -0.462 e. The van der Waals surface area contributed by atoms with Gasteiger partial charge in [-0.1, -0.05) is 414 Å². The van der Waals surface area contributed by atoms with Crippen molar-refractivity contribution in [2.45, 2.75) is 484 Å². The molecule has 5 atom stereocenters. The highest BCUT2D eigenvalue weighted by atomic mass is 31.2. The number of unbranched alkanes of at least 4 members (excludes halogenated alkanes) is 54. The number of carbonyl (C=O) groups excluding carboxylic acids is 4. The molecule has 0 aliphatic rings. The summed E-state index contributed by atoms with van der Waals surface area (Å²) in [6, 6.07) is 0. The molecule has 0 aromatic rings. The Hall–Kier alpha value is -1.94. The molecule has 0 radical (unpaired) electrons. The summed E-state index contributed by atoms with van der Waals surface area (Å²) in [6.45, 7) is 11.9. The maximum absolute atomic E-state index is 13.2. The van der Waals surface area contributed by atoms with Gasteiger partial charge >= 0.3 is 39.5 Å². The third-order valence-electron chi connectivity index (χ3n) is 20.6. The van der Waals surface area contributed by atoms with Crippen molar-refractivity contribution in [3.8, 4) is 0 Å². The predicted molar refractivity (Wildman–Crippen MR) is 441 cm³/mol. The van der Waals surface area contributed by atoms with Crippen LogP contribution in [-0.2, 0) is 65.4 Å². The number of aliphatic hydroxyl groups excluding tert-OH is 1. The standard InChI is InChI=1S/C88H172O17P2/c1-8-9-10-11-12-13-14-15-16-17-18-19-20-21-26-29-32-38-43-48-57-64-71-87(92)104-83(75-98-85(90)69-62-55-47-42-37-31-28-25-23-22-24-27-30-35-40-45-52-59-66-79(2)3)77-102-106(94,95)100-73-82(89)74-101-107(96,97)103-78-84(76-99-86(91)70-63-56-51-50-54-61-68-81(6)7)105-88(93)72-65-58-49-44-39-34-33-36-41-46-53-60-67-80(4)5/h79-84,89H,8-78H2,1-7H3,(H,94,95)(H,96,97)/t82-,83-,84-/m1/s1. The van der Waals surface area contributed by atoms with E-state index in [2.05, 4.69) is 48.5 Å². The molecule has 17 nitrogen and oxygen atoms in total. The molecule has 0 aromatic carbocycles. The van der Waals surface area contributed by atoms with Gasteiger partial charge in [0.15, 0.2) is 12.2 Å². The largest absolute Gasteiger partial charge is 0.472 e. The third kappa shape index (κ3) is 81.9. The van der Waals surface area contributed by atoms with Crippen LogP contribution in [0.1, 0.15) is 466 Å². The molecule has 0 spiro atoms. The second kappa shape index (κ2) is 78.0. The van der Waals surface area contributed by atoms with Crippen molar-refractivity contribution in [3.05, 3.63) is 0 Å². The summed E-state index contributed by atoms with van der Waals surface area (Å²) in [7, 11) is -9.93. The molecular formula is C88H172O17P2. The number of ether oxygens (including phenoxy) is 4. The summed E-state index contributed by atoms with van der Waals surface area (Å²) in [4.78, 5) is 73.2. The molecule has 0 saturated carbocycles. The average molecular weight is 1560 g/mol. The highest BCUT2D eigenvalue weighted by Gasteiger charge is 2.31. The average Bonchev–Trinajstić information content (AvgIpc) is 0.927. The molecule has 0 aliphatic heterocycles. The van der Waals surface area contributed by atoms with Gasteiger partial charge in [0.05, 0.1) is 26.4 Å². The van der Waals surface area contributed by atoms with E-state index in [1.165, 1.54) is 270 Å². The second-order valence-electron chi connectivity index (χ2n) is 33.1. The maximum Gasteiger partial charge on any atom is 0.472 e. The molecule has 0 heterocycles. The highest BCUT2D eigenvalue weighted by molar-refractivity contribution is 7.47. The predicted octanol–water partition coefficient (Wildman–Crippen LogP) is 26.9. The molecule has 107 heavy (non-hydrogen) atoms. The normalized spacial score (nSPS) is 13.8. The number of esters is 4. The lowest BCUT2D eigenvalue weighted by atomic mass is 10.0. The molecule has 0 fully saturated rings. The number of hydrogen-bond acceptors (Lipinski definition) is 15. The van der Waals surface area contributed by atoms with Crippen LogP contribution in [0.15, 0.2) is 0 Å². The van der Waals surface area contributed by atoms with Crippen LogP contribution < -0.4 is 0 Å². The lowest BCUT2D eigenvalue weighted by molar-refractivity contribution is -0.161. The Morgan fingerprint density at radius 1 is 0.252 bits per heavy atom. The lowest BCUT2D eigenvalue weighted by Crippen LogP contribution is -2.30. The van der Waals surface area contributed by atoms with E-state index in [1.54, 1.807) is 0 Å². The van der Waals surface area contributed by atoms with Crippen molar-refractivity contribution in [2.24, 2.45) is 17.8 Å². The van der Waals surface area contributed by atoms with E-state index in [0.717, 1.165) is 108 Å². The van der Waals surface area contributed by atoms with Crippen LogP contribution in [0.25, 0.3) is 0 Å². The molecule has 0 aromatic heterocycles. The van der Waals surface area contributed by atoms with Crippen molar-refractivity contribution in [2.75, 3.05) is 39.6 Å². The van der Waals surface area contributed by atoms with Crippen LogP contribution in [0.2, 0.25) is 0 Å². The molecular weight excluding hydrogens is 1390 g/mol. The van der Waals surface area contributed by atoms with E-state index in [4.69, 9.17) is 37.0 Å². The summed E-state index contributed by atoms with van der Waals surface area (Å²) in [5.74, 6) is 0.173. The summed E-state index contributed by atoms with van der Waals surface area (Å²) in [5, 5.41) is 10.7. The third-order valence-corrected chi connectivity index (χ3v) is 22.5. The van der Waals surface area contributed by atoms with E-state index >= 15 is 0 Å². The summed E-state index contributed by atoms with van der Waals surface area (Å²) in [6.07, 6.45) is 69.8. The van der Waals surface area contributed by atoms with Crippen LogP contribution in [-0.4, -0.2) is 96.7 Å². The maximum atomic E-state index is 13.2. The summed E-state index contributed by atoms with van der Waals surface area (Å²) >= 11 is 0. The minimum atomic E-state index is -4.97. The van der Waals surface area contributed by atoms with Crippen molar-refractivity contribution < 1.29 is 80.2 Å². The van der Waals surface area contributed by atoms with E-state index in [0.29, 0.717) is 31.6 Å². The van der Waals surface area contributed by atoms with Gasteiger partial charge in [-0.15, -0.1) is 0 Å². The molecule has 0 saturated heterocycles. The zero-order valence-corrected chi connectivity index (χ0v) is 72.4. The van der Waals surface area contributed by atoms with Crippen molar-refractivity contribution in [3.63, 3.8) is 0 Å². The Morgan fingerprint density at radius 3 is 0.636 bits per heavy atom. The fraction of sp³-hybridized carbons (Fsp3) is 0.955. The van der Waals surface area contributed by atoms with Crippen LogP contribution >= 0.6 is 15.6 Å². The second-order valence-corrected chi connectivity index (χ2v) is 36.0. The number of hydrogen-bond donors (Lipinski definition) is 3. The quantitative estimate of drug-likeness (QED) is 0.0222. The topological polar surface area (TPSA) is 237 Å². The van der Waals surface area contributed by atoms with Gasteiger partial charge in [0.1, 0.15) is 19.3 Å². The number of aliphatic hydroxyl groups is 1. The smallest absolute Gasteiger partial charge is 0.462 e. The first-order chi connectivity index (χ1) is 51.7. The first-order valence-corrected chi connectivity index (χ1v) is 48.3. The Labute approximate surface area is 658 Å². The molecule has 3 N–H and O–H groups in total. The molecule has 2 unspecified atom stereocenters. The van der Waals surface area contributed by atoms with E-state index < -0.39 is 97.5 Å². The van der Waals surface area contributed by atoms with Gasteiger partial charge in [-0.05, 0) is 43.4 Å². The molecule has 636 valence electrons. The van der Waals surface area contributed by atoms with Gasteiger partial charge in [-0.3, -0.25) is 37.3 Å². The van der Waals surface area contributed by atoms with E-state index in [1.807, 2.05) is 0 Å². The van der Waals surface area contributed by atoms with Crippen LogP contribution in [0.4, 0.5) is 0 Å². The monoisotopic (exact) mass is 1560 g/mol. The summed E-state index contributed by atoms with van der Waals surface area (Å²) < 4.78 is 68.9. The van der Waals surface area contributed by atoms with Crippen molar-refractivity contribution >= 4 is 39.5 Å². The Morgan fingerprint density at radius 2 is 0.430 bits per heavy atom. The minimum absolute atomic E-state index is 0.106. The van der Waals surface area contributed by atoms with Gasteiger partial charge in [-0.2, -0.15) is 0 Å². The summed E-state index contributed by atoms with van der Waals surface area (Å²) in [5.41, 5.74) is 0. The Balaban J connectivity index is 5.19. The fourth-order valence-electron chi connectivity index (χ4n) is 13.7. The van der Waals surface area contributed by atoms with Crippen molar-refractivity contribution in [1.29, 1.82) is 0 Å². The fourth-order valence-corrected chi connectivity index (χ4v) is 15.3. The van der Waals surface area contributed by atoms with E-state index in [9.17, 15) is 43.2 Å². The molecule has 0 rings (SSSR count). The van der Waals surface area contributed by atoms with Gasteiger partial charge in [0, 0.05) is 25.7 Å². The molecule has 19 heteroatoms. The number of phosphoric acid groups is 2. The first-order valence-electron chi connectivity index (χ1n) is 45.3. The van der Waals surface area contributed by atoms with Crippen molar-refractivity contribution in [1.82, 2.24) is 0 Å². The highest BCUT2D eigenvalue weighted by Crippen LogP contribution is 2.45. The number of phosphoric ester groups is 2. The Bertz CT molecular complexity index is 2060. The first kappa shape index (κ1) is 105. The van der Waals surface area contributed by atoms with Gasteiger partial charge < -0.3 is 33.8 Å². The molecule has 0 aliphatic carbocycles. The van der Waals surface area contributed by atoms with Crippen LogP contribution in [0, 0.1) is 17.8 Å². The lowest BCUT2D eigenvalue weighted by Gasteiger charge is -2.21. The zero-order valence-electron chi connectivity index (χ0n) is 70.6. The Kier molecular flexibility index (Phi) is 76.6. The number of carbonyl (C=O) groups is 4. The van der Waals surface area contributed by atoms with Gasteiger partial charge in [-0.25, -0.2) is 9.13 Å². The van der Waals surface area contributed by atoms with E-state index in [-0.39, 0.29) is 25.7 Å². The van der Waals surface area contributed by atoms with Crippen LogP contribution in [0.5, 0.6) is 0 Å². The van der Waals surface area contributed by atoms with Gasteiger partial charge in [0.25, 0.3) is 0 Å². The SMILES string of the molecule is CCCCCCCCCCCCCCCCCCCCCCCCC(=O)O[C@H](COC(=O)CCCCCCCCCCCCCCCCCCCCC(C)C)COP(=O)(O)OC[C@@H](O)COP(=O)(O)OC[C@@H](COC(=O)CCCCCCCCC(C)C)OC(=O)CCCCCCCCCCCCCCC(C)C. The number of rotatable bonds is 86. The molecule has 0 amide bonds.